The second kappa shape index (κ2) is 6.59. The highest BCUT2D eigenvalue weighted by Crippen LogP contribution is 2.68. The Kier molecular flexibility index (Phi) is 5.60. The summed E-state index contributed by atoms with van der Waals surface area (Å²) in [6.45, 7) is 9.35. The molecule has 1 fully saturated rings. The number of unbranched alkanes of at least 4 members (excludes halogenated alkanes) is 4. The zero-order chi connectivity index (χ0) is 15.4. The van der Waals surface area contributed by atoms with Gasteiger partial charge in [0.15, 0.2) is 0 Å². The fourth-order valence-electron chi connectivity index (χ4n) is 3.10. The molecule has 1 amide bonds. The number of hydrogen-bond acceptors (Lipinski definition) is 2. The van der Waals surface area contributed by atoms with E-state index in [-0.39, 0.29) is 29.1 Å². The molecule has 0 spiro atoms. The quantitative estimate of drug-likeness (QED) is 0.639. The van der Waals surface area contributed by atoms with Gasteiger partial charge < -0.3 is 10.4 Å². The molecule has 4 nitrogen and oxygen atoms in total. The Balaban J connectivity index is 2.03. The monoisotopic (exact) mass is 283 g/mol. The van der Waals surface area contributed by atoms with Crippen molar-refractivity contribution in [3.05, 3.63) is 0 Å². The number of hydrogen-bond donors (Lipinski definition) is 2. The molecule has 1 saturated carbocycles. The summed E-state index contributed by atoms with van der Waals surface area (Å²) in [5.41, 5.74) is 0.210. The topological polar surface area (TPSA) is 66.4 Å². The Hall–Kier alpha value is -1.06. The predicted octanol–water partition coefficient (Wildman–Crippen LogP) is 3.21. The molecular formula is C16H29NO3. The van der Waals surface area contributed by atoms with E-state index in [4.69, 9.17) is 5.11 Å². The first-order valence-corrected chi connectivity index (χ1v) is 7.70. The normalized spacial score (nSPS) is 19.6. The first-order valence-electron chi connectivity index (χ1n) is 7.70. The summed E-state index contributed by atoms with van der Waals surface area (Å²) in [6, 6.07) is 0. The second-order valence-electron chi connectivity index (χ2n) is 7.08. The molecule has 0 saturated heterocycles. The molecular weight excluding hydrogens is 254 g/mol. The van der Waals surface area contributed by atoms with Crippen LogP contribution >= 0.6 is 0 Å². The maximum Gasteiger partial charge on any atom is 0.303 e. The van der Waals surface area contributed by atoms with Crippen LogP contribution in [-0.4, -0.2) is 23.5 Å². The summed E-state index contributed by atoms with van der Waals surface area (Å²) in [6.07, 6.45) is 5.06. The molecule has 0 aromatic rings. The second-order valence-corrected chi connectivity index (χ2v) is 7.08. The van der Waals surface area contributed by atoms with Crippen molar-refractivity contribution < 1.29 is 14.7 Å². The van der Waals surface area contributed by atoms with Gasteiger partial charge in [-0.3, -0.25) is 9.59 Å². The minimum Gasteiger partial charge on any atom is -0.481 e. The first kappa shape index (κ1) is 17.0. The van der Waals surface area contributed by atoms with E-state index in [1.165, 1.54) is 0 Å². The molecule has 0 radical (unpaired) electrons. The molecule has 0 unspecified atom stereocenters. The zero-order valence-corrected chi connectivity index (χ0v) is 13.3. The van der Waals surface area contributed by atoms with Crippen molar-refractivity contribution in [2.45, 2.75) is 66.2 Å². The molecule has 1 rings (SSSR count). The van der Waals surface area contributed by atoms with Gasteiger partial charge in [-0.05, 0) is 23.7 Å². The van der Waals surface area contributed by atoms with Gasteiger partial charge in [0, 0.05) is 18.9 Å². The van der Waals surface area contributed by atoms with E-state index in [0.29, 0.717) is 0 Å². The lowest BCUT2D eigenvalue weighted by atomic mass is 10.0. The van der Waals surface area contributed by atoms with Gasteiger partial charge in [-0.25, -0.2) is 0 Å². The van der Waals surface area contributed by atoms with Crippen LogP contribution in [0.2, 0.25) is 0 Å². The highest BCUT2D eigenvalue weighted by Gasteiger charge is 2.68. The van der Waals surface area contributed by atoms with Crippen LogP contribution < -0.4 is 5.32 Å². The smallest absolute Gasteiger partial charge is 0.303 e. The van der Waals surface area contributed by atoms with Crippen molar-refractivity contribution >= 4 is 11.9 Å². The molecule has 0 heterocycles. The van der Waals surface area contributed by atoms with Crippen molar-refractivity contribution in [2.75, 3.05) is 6.54 Å². The molecule has 0 aromatic heterocycles. The van der Waals surface area contributed by atoms with Crippen LogP contribution in [0.4, 0.5) is 0 Å². The third-order valence-corrected chi connectivity index (χ3v) is 5.15. The molecule has 20 heavy (non-hydrogen) atoms. The summed E-state index contributed by atoms with van der Waals surface area (Å²) in [5, 5.41) is 11.5. The number of carbonyl (C=O) groups is 2. The fraction of sp³-hybridized carbons (Fsp3) is 0.875. The lowest BCUT2D eigenvalue weighted by molar-refractivity contribution is -0.137. The van der Waals surface area contributed by atoms with Crippen LogP contribution in [0.25, 0.3) is 0 Å². The number of amides is 1. The van der Waals surface area contributed by atoms with E-state index in [1.807, 2.05) is 0 Å². The van der Waals surface area contributed by atoms with Gasteiger partial charge in [0.25, 0.3) is 0 Å². The minimum atomic E-state index is -0.716. The Morgan fingerprint density at radius 2 is 1.45 bits per heavy atom. The number of nitrogens with one attached hydrogen (secondary N) is 1. The fourth-order valence-corrected chi connectivity index (χ4v) is 3.10. The molecule has 1 aliphatic rings. The molecule has 0 atom stereocenters. The van der Waals surface area contributed by atoms with Gasteiger partial charge in [-0.2, -0.15) is 0 Å². The summed E-state index contributed by atoms with van der Waals surface area (Å²) in [4.78, 5) is 22.4. The maximum atomic E-state index is 12.1. The van der Waals surface area contributed by atoms with Crippen molar-refractivity contribution in [2.24, 2.45) is 16.7 Å². The Bertz CT molecular complexity index is 347. The summed E-state index contributed by atoms with van der Waals surface area (Å²) in [5.74, 6) is -0.400. The Morgan fingerprint density at radius 1 is 0.950 bits per heavy atom. The van der Waals surface area contributed by atoms with Crippen LogP contribution in [0.1, 0.15) is 66.2 Å². The third-order valence-electron chi connectivity index (χ3n) is 5.15. The summed E-state index contributed by atoms with van der Waals surface area (Å²) >= 11 is 0. The molecule has 1 aliphatic carbocycles. The van der Waals surface area contributed by atoms with Gasteiger partial charge in [0.05, 0.1) is 0 Å². The molecule has 116 valence electrons. The van der Waals surface area contributed by atoms with Crippen LogP contribution in [0.5, 0.6) is 0 Å². The molecule has 2 N–H and O–H groups in total. The molecule has 0 bridgehead atoms. The highest BCUT2D eigenvalue weighted by atomic mass is 16.4. The van der Waals surface area contributed by atoms with Crippen LogP contribution in [-0.2, 0) is 9.59 Å². The van der Waals surface area contributed by atoms with E-state index in [2.05, 4.69) is 33.0 Å². The van der Waals surface area contributed by atoms with Gasteiger partial charge in [-0.15, -0.1) is 0 Å². The van der Waals surface area contributed by atoms with Crippen molar-refractivity contribution in [3.8, 4) is 0 Å². The van der Waals surface area contributed by atoms with Gasteiger partial charge in [0.1, 0.15) is 0 Å². The Morgan fingerprint density at radius 3 is 1.95 bits per heavy atom. The van der Waals surface area contributed by atoms with Crippen molar-refractivity contribution in [1.29, 1.82) is 0 Å². The maximum absolute atomic E-state index is 12.1. The van der Waals surface area contributed by atoms with E-state index >= 15 is 0 Å². The number of carboxylic acid groups (broad SMARTS) is 1. The largest absolute Gasteiger partial charge is 0.481 e. The Labute approximate surface area is 122 Å². The van der Waals surface area contributed by atoms with E-state index < -0.39 is 5.97 Å². The average molecular weight is 283 g/mol. The van der Waals surface area contributed by atoms with E-state index in [1.54, 1.807) is 0 Å². The lowest BCUT2D eigenvalue weighted by Gasteiger charge is -2.06. The molecule has 0 aromatic carbocycles. The predicted molar refractivity (Wildman–Crippen MR) is 79.4 cm³/mol. The highest BCUT2D eigenvalue weighted by molar-refractivity contribution is 5.84. The van der Waals surface area contributed by atoms with E-state index in [9.17, 15) is 9.59 Å². The van der Waals surface area contributed by atoms with Gasteiger partial charge in [0.2, 0.25) is 5.91 Å². The minimum absolute atomic E-state index is 0.105. The number of carbonyl (C=O) groups excluding carboxylic acids is 1. The van der Waals surface area contributed by atoms with Crippen LogP contribution in [0, 0.1) is 16.7 Å². The number of carboxylic acids is 1. The summed E-state index contributed by atoms with van der Waals surface area (Å²) < 4.78 is 0. The number of aliphatic carboxylic acids is 1. The van der Waals surface area contributed by atoms with Crippen molar-refractivity contribution in [3.63, 3.8) is 0 Å². The molecule has 4 heteroatoms. The third kappa shape index (κ3) is 3.97. The van der Waals surface area contributed by atoms with E-state index in [0.717, 1.165) is 38.6 Å². The average Bonchev–Trinajstić information content (AvgIpc) is 2.72. The molecule has 0 aliphatic heterocycles. The van der Waals surface area contributed by atoms with Gasteiger partial charge >= 0.3 is 5.97 Å². The van der Waals surface area contributed by atoms with Crippen LogP contribution in [0.3, 0.4) is 0 Å². The lowest BCUT2D eigenvalue weighted by Crippen LogP contribution is -2.28. The van der Waals surface area contributed by atoms with Crippen LogP contribution in [0.15, 0.2) is 0 Å². The SMILES string of the molecule is CC1(C)C(C(=O)NCCCCCCCC(=O)O)C1(C)C. The first-order chi connectivity index (χ1) is 9.21. The standard InChI is InChI=1S/C16H29NO3/c1-15(2)13(16(15,3)4)14(20)17-11-9-7-5-6-8-10-12(18)19/h13H,5-11H2,1-4H3,(H,17,20)(H,18,19). The van der Waals surface area contributed by atoms with Gasteiger partial charge in [-0.1, -0.05) is 47.0 Å². The summed E-state index contributed by atoms with van der Waals surface area (Å²) in [7, 11) is 0. The van der Waals surface area contributed by atoms with Crippen molar-refractivity contribution in [1.82, 2.24) is 5.32 Å². The number of rotatable bonds is 9. The zero-order valence-electron chi connectivity index (χ0n) is 13.3.